The molecule has 0 aromatic heterocycles. The van der Waals surface area contributed by atoms with Crippen LogP contribution in [-0.4, -0.2) is 5.78 Å². The van der Waals surface area contributed by atoms with Crippen LogP contribution >= 0.6 is 0 Å². The van der Waals surface area contributed by atoms with E-state index in [2.05, 4.69) is 39.8 Å². The Labute approximate surface area is 128 Å². The summed E-state index contributed by atoms with van der Waals surface area (Å²) in [6, 6.07) is 16.0. The first-order valence-electron chi connectivity index (χ1n) is 7.71. The van der Waals surface area contributed by atoms with Gasteiger partial charge in [0.25, 0.3) is 0 Å². The smallest absolute Gasteiger partial charge is 0.193 e. The zero-order valence-electron chi connectivity index (χ0n) is 13.4. The number of carbonyl (C=O) groups is 1. The molecule has 0 aliphatic heterocycles. The molecule has 110 valence electrons. The molecule has 0 saturated carbocycles. The molecule has 0 bridgehead atoms. The molecule has 0 aliphatic carbocycles. The zero-order valence-corrected chi connectivity index (χ0v) is 13.4. The molecular formula is C20H24O. The SMILES string of the molecule is CC(C)Cc1ccc(C(=O)c2ccc(C(C)C)cc2)cc1. The number of hydrogen-bond donors (Lipinski definition) is 0. The minimum absolute atomic E-state index is 0.0985. The number of benzene rings is 2. The molecule has 0 heterocycles. The Hall–Kier alpha value is -1.89. The lowest BCUT2D eigenvalue weighted by Crippen LogP contribution is -2.02. The van der Waals surface area contributed by atoms with Gasteiger partial charge in [0, 0.05) is 11.1 Å². The number of hydrogen-bond acceptors (Lipinski definition) is 1. The second-order valence-electron chi connectivity index (χ2n) is 6.40. The Balaban J connectivity index is 2.15. The van der Waals surface area contributed by atoms with Crippen LogP contribution in [0.2, 0.25) is 0 Å². The van der Waals surface area contributed by atoms with Crippen LogP contribution < -0.4 is 0 Å². The fourth-order valence-electron chi connectivity index (χ4n) is 2.45. The van der Waals surface area contributed by atoms with Crippen molar-refractivity contribution in [3.63, 3.8) is 0 Å². The molecule has 21 heavy (non-hydrogen) atoms. The normalized spacial score (nSPS) is 11.1. The van der Waals surface area contributed by atoms with Crippen molar-refractivity contribution in [1.29, 1.82) is 0 Å². The summed E-state index contributed by atoms with van der Waals surface area (Å²) in [4.78, 5) is 12.5. The second kappa shape index (κ2) is 6.71. The summed E-state index contributed by atoms with van der Waals surface area (Å²) in [5.41, 5.74) is 4.08. The van der Waals surface area contributed by atoms with E-state index in [0.29, 0.717) is 11.8 Å². The van der Waals surface area contributed by atoms with Crippen LogP contribution in [0.25, 0.3) is 0 Å². The van der Waals surface area contributed by atoms with Gasteiger partial charge in [0.2, 0.25) is 0 Å². The molecule has 1 heteroatoms. The Morgan fingerprint density at radius 3 is 1.71 bits per heavy atom. The highest BCUT2D eigenvalue weighted by atomic mass is 16.1. The van der Waals surface area contributed by atoms with Crippen molar-refractivity contribution in [2.75, 3.05) is 0 Å². The van der Waals surface area contributed by atoms with E-state index in [0.717, 1.165) is 17.5 Å². The summed E-state index contributed by atoms with van der Waals surface area (Å²) < 4.78 is 0. The minimum Gasteiger partial charge on any atom is -0.289 e. The molecular weight excluding hydrogens is 256 g/mol. The highest BCUT2D eigenvalue weighted by molar-refractivity contribution is 6.09. The van der Waals surface area contributed by atoms with Gasteiger partial charge in [-0.2, -0.15) is 0 Å². The second-order valence-corrected chi connectivity index (χ2v) is 6.40. The standard InChI is InChI=1S/C20H24O/c1-14(2)13-16-5-7-18(8-6-16)20(21)19-11-9-17(10-12-19)15(3)4/h5-12,14-15H,13H2,1-4H3. The molecule has 2 aromatic rings. The molecule has 0 saturated heterocycles. The van der Waals surface area contributed by atoms with Crippen LogP contribution in [0.4, 0.5) is 0 Å². The average molecular weight is 280 g/mol. The van der Waals surface area contributed by atoms with Crippen LogP contribution in [0, 0.1) is 5.92 Å². The van der Waals surface area contributed by atoms with Gasteiger partial charge in [0.15, 0.2) is 5.78 Å². The Morgan fingerprint density at radius 1 is 0.810 bits per heavy atom. The summed E-state index contributed by atoms with van der Waals surface area (Å²) >= 11 is 0. The minimum atomic E-state index is 0.0985. The van der Waals surface area contributed by atoms with E-state index in [1.165, 1.54) is 11.1 Å². The van der Waals surface area contributed by atoms with Crippen LogP contribution in [0.3, 0.4) is 0 Å². The van der Waals surface area contributed by atoms with Gasteiger partial charge in [-0.05, 0) is 29.4 Å². The lowest BCUT2D eigenvalue weighted by molar-refractivity contribution is 0.103. The number of rotatable bonds is 5. The van der Waals surface area contributed by atoms with Crippen LogP contribution in [0.15, 0.2) is 48.5 Å². The van der Waals surface area contributed by atoms with Gasteiger partial charge in [-0.3, -0.25) is 4.79 Å². The fraction of sp³-hybridized carbons (Fsp3) is 0.350. The van der Waals surface area contributed by atoms with Crippen LogP contribution in [0.1, 0.15) is 60.7 Å². The lowest BCUT2D eigenvalue weighted by Gasteiger charge is -2.08. The molecule has 0 amide bonds. The molecule has 2 rings (SSSR count). The molecule has 0 spiro atoms. The van der Waals surface area contributed by atoms with Crippen molar-refractivity contribution in [3.8, 4) is 0 Å². The molecule has 0 fully saturated rings. The first-order chi connectivity index (χ1) is 9.97. The van der Waals surface area contributed by atoms with Gasteiger partial charge < -0.3 is 0 Å². The largest absolute Gasteiger partial charge is 0.289 e. The molecule has 0 radical (unpaired) electrons. The Bertz CT molecular complexity index is 589. The van der Waals surface area contributed by atoms with Crippen molar-refractivity contribution >= 4 is 5.78 Å². The summed E-state index contributed by atoms with van der Waals surface area (Å²) in [5, 5.41) is 0. The number of carbonyl (C=O) groups excluding carboxylic acids is 1. The lowest BCUT2D eigenvalue weighted by atomic mass is 9.96. The van der Waals surface area contributed by atoms with Gasteiger partial charge in [-0.1, -0.05) is 76.2 Å². The first-order valence-corrected chi connectivity index (χ1v) is 7.71. The monoisotopic (exact) mass is 280 g/mol. The maximum absolute atomic E-state index is 12.5. The molecule has 0 atom stereocenters. The van der Waals surface area contributed by atoms with E-state index in [9.17, 15) is 4.79 Å². The molecule has 0 aliphatic rings. The van der Waals surface area contributed by atoms with Gasteiger partial charge in [0.05, 0.1) is 0 Å². The van der Waals surface area contributed by atoms with E-state index in [-0.39, 0.29) is 5.78 Å². The van der Waals surface area contributed by atoms with Crippen molar-refractivity contribution in [2.45, 2.75) is 40.0 Å². The predicted octanol–water partition coefficient (Wildman–Crippen LogP) is 5.24. The van der Waals surface area contributed by atoms with E-state index < -0.39 is 0 Å². The average Bonchev–Trinajstić information content (AvgIpc) is 2.47. The topological polar surface area (TPSA) is 17.1 Å². The summed E-state index contributed by atoms with van der Waals surface area (Å²) in [5.74, 6) is 1.22. The highest BCUT2D eigenvalue weighted by Gasteiger charge is 2.09. The summed E-state index contributed by atoms with van der Waals surface area (Å²) in [6.45, 7) is 8.72. The van der Waals surface area contributed by atoms with E-state index in [1.54, 1.807) is 0 Å². The van der Waals surface area contributed by atoms with E-state index in [1.807, 2.05) is 36.4 Å². The van der Waals surface area contributed by atoms with Crippen LogP contribution in [0.5, 0.6) is 0 Å². The van der Waals surface area contributed by atoms with Gasteiger partial charge >= 0.3 is 0 Å². The molecule has 0 N–H and O–H groups in total. The van der Waals surface area contributed by atoms with Crippen molar-refractivity contribution in [1.82, 2.24) is 0 Å². The van der Waals surface area contributed by atoms with Gasteiger partial charge in [0.1, 0.15) is 0 Å². The van der Waals surface area contributed by atoms with Crippen molar-refractivity contribution < 1.29 is 4.79 Å². The first kappa shape index (κ1) is 15.5. The maximum Gasteiger partial charge on any atom is 0.193 e. The third-order valence-corrected chi connectivity index (χ3v) is 3.70. The van der Waals surface area contributed by atoms with Crippen molar-refractivity contribution in [3.05, 3.63) is 70.8 Å². The maximum atomic E-state index is 12.5. The van der Waals surface area contributed by atoms with Gasteiger partial charge in [-0.25, -0.2) is 0 Å². The quantitative estimate of drug-likeness (QED) is 0.684. The fourth-order valence-corrected chi connectivity index (χ4v) is 2.45. The molecule has 2 aromatic carbocycles. The zero-order chi connectivity index (χ0) is 15.4. The Morgan fingerprint density at radius 2 is 1.29 bits per heavy atom. The van der Waals surface area contributed by atoms with E-state index >= 15 is 0 Å². The van der Waals surface area contributed by atoms with Crippen LogP contribution in [-0.2, 0) is 6.42 Å². The third kappa shape index (κ3) is 4.04. The molecule has 0 unspecified atom stereocenters. The van der Waals surface area contributed by atoms with Gasteiger partial charge in [-0.15, -0.1) is 0 Å². The summed E-state index contributed by atoms with van der Waals surface area (Å²) in [6.07, 6.45) is 1.05. The predicted molar refractivity (Wildman–Crippen MR) is 88.9 cm³/mol. The number of ketones is 1. The van der Waals surface area contributed by atoms with E-state index in [4.69, 9.17) is 0 Å². The molecule has 1 nitrogen and oxygen atoms in total. The van der Waals surface area contributed by atoms with Crippen molar-refractivity contribution in [2.24, 2.45) is 5.92 Å². The highest BCUT2D eigenvalue weighted by Crippen LogP contribution is 2.17. The Kier molecular flexibility index (Phi) is 4.95. The third-order valence-electron chi connectivity index (χ3n) is 3.70. The summed E-state index contributed by atoms with van der Waals surface area (Å²) in [7, 11) is 0.